The van der Waals surface area contributed by atoms with Crippen molar-refractivity contribution in [2.24, 2.45) is 0 Å². The summed E-state index contributed by atoms with van der Waals surface area (Å²) in [7, 11) is 0. The first kappa shape index (κ1) is 15.1. The molecule has 0 bridgehead atoms. The molecule has 0 radical (unpaired) electrons. The maximum Gasteiger partial charge on any atom is 0.254 e. The zero-order valence-electron chi connectivity index (χ0n) is 9.31. The molecule has 1 aromatic carbocycles. The second-order valence-electron chi connectivity index (χ2n) is 3.30. The SMILES string of the molecule is O=C(NCCOCCCl)c1cc(F)c(Cl)cc1F. The minimum absolute atomic E-state index is 0.180. The monoisotopic (exact) mass is 297 g/mol. The molecule has 18 heavy (non-hydrogen) atoms. The van der Waals surface area contributed by atoms with E-state index in [-0.39, 0.29) is 18.2 Å². The van der Waals surface area contributed by atoms with Gasteiger partial charge < -0.3 is 10.1 Å². The van der Waals surface area contributed by atoms with E-state index in [1.807, 2.05) is 0 Å². The highest BCUT2D eigenvalue weighted by molar-refractivity contribution is 6.30. The van der Waals surface area contributed by atoms with Gasteiger partial charge in [0.2, 0.25) is 0 Å². The van der Waals surface area contributed by atoms with E-state index in [9.17, 15) is 13.6 Å². The summed E-state index contributed by atoms with van der Waals surface area (Å²) in [6.45, 7) is 0.789. The van der Waals surface area contributed by atoms with E-state index in [1.54, 1.807) is 0 Å². The Kier molecular flexibility index (Phi) is 6.32. The summed E-state index contributed by atoms with van der Waals surface area (Å²) in [5.74, 6) is -2.09. The molecule has 1 amide bonds. The molecule has 1 N–H and O–H groups in total. The Bertz CT molecular complexity index is 430. The van der Waals surface area contributed by atoms with Crippen LogP contribution in [-0.2, 0) is 4.74 Å². The number of carbonyl (C=O) groups is 1. The molecule has 0 fully saturated rings. The molecule has 0 saturated heterocycles. The molecule has 0 aliphatic heterocycles. The number of amides is 1. The Labute approximate surface area is 113 Å². The van der Waals surface area contributed by atoms with Gasteiger partial charge in [0.25, 0.3) is 5.91 Å². The van der Waals surface area contributed by atoms with Gasteiger partial charge in [0.15, 0.2) is 0 Å². The number of carbonyl (C=O) groups excluding carboxylic acids is 1. The standard InChI is InChI=1S/C11H11Cl2F2NO2/c12-1-3-18-4-2-16-11(17)7-5-10(15)8(13)6-9(7)14/h5-6H,1-4H2,(H,16,17). The zero-order valence-corrected chi connectivity index (χ0v) is 10.8. The van der Waals surface area contributed by atoms with Crippen LogP contribution in [0.3, 0.4) is 0 Å². The number of nitrogens with one attached hydrogen (secondary N) is 1. The molecule has 0 unspecified atom stereocenters. The van der Waals surface area contributed by atoms with Crippen LogP contribution in [0.5, 0.6) is 0 Å². The van der Waals surface area contributed by atoms with Gasteiger partial charge in [0.05, 0.1) is 23.8 Å². The molecule has 1 rings (SSSR count). The highest BCUT2D eigenvalue weighted by Gasteiger charge is 2.14. The van der Waals surface area contributed by atoms with Crippen LogP contribution >= 0.6 is 23.2 Å². The molecule has 0 aliphatic carbocycles. The predicted octanol–water partition coefficient (Wildman–Crippen LogP) is 2.60. The van der Waals surface area contributed by atoms with Crippen molar-refractivity contribution < 1.29 is 18.3 Å². The maximum absolute atomic E-state index is 13.4. The lowest BCUT2D eigenvalue weighted by atomic mass is 10.2. The molecular formula is C11H11Cl2F2NO2. The third-order valence-corrected chi connectivity index (χ3v) is 2.45. The second kappa shape index (κ2) is 7.51. The number of rotatable bonds is 6. The van der Waals surface area contributed by atoms with Gasteiger partial charge in [-0.15, -0.1) is 11.6 Å². The average molecular weight is 298 g/mol. The molecule has 0 atom stereocenters. The van der Waals surface area contributed by atoms with Crippen molar-refractivity contribution >= 4 is 29.1 Å². The quantitative estimate of drug-likeness (QED) is 0.498. The fourth-order valence-electron chi connectivity index (χ4n) is 1.19. The van der Waals surface area contributed by atoms with Gasteiger partial charge in [-0.2, -0.15) is 0 Å². The predicted molar refractivity (Wildman–Crippen MR) is 65.2 cm³/mol. The van der Waals surface area contributed by atoms with Gasteiger partial charge in [-0.1, -0.05) is 11.6 Å². The molecule has 100 valence electrons. The van der Waals surface area contributed by atoms with Gasteiger partial charge in [0.1, 0.15) is 11.6 Å². The number of hydrogen-bond donors (Lipinski definition) is 1. The molecular weight excluding hydrogens is 287 g/mol. The molecule has 0 saturated carbocycles. The Morgan fingerprint density at radius 3 is 2.67 bits per heavy atom. The summed E-state index contributed by atoms with van der Waals surface area (Å²) >= 11 is 10.7. The van der Waals surface area contributed by atoms with E-state index in [2.05, 4.69) is 5.32 Å². The topological polar surface area (TPSA) is 38.3 Å². The summed E-state index contributed by atoms with van der Waals surface area (Å²) in [6, 6.07) is 1.52. The molecule has 7 heteroatoms. The summed E-state index contributed by atoms with van der Waals surface area (Å²) < 4.78 is 31.4. The number of ether oxygens (including phenoxy) is 1. The first-order valence-corrected chi connectivity index (χ1v) is 6.04. The van der Waals surface area contributed by atoms with E-state index < -0.39 is 23.1 Å². The van der Waals surface area contributed by atoms with Crippen LogP contribution in [0.2, 0.25) is 5.02 Å². The van der Waals surface area contributed by atoms with Crippen molar-refractivity contribution in [3.8, 4) is 0 Å². The molecule has 0 heterocycles. The lowest BCUT2D eigenvalue weighted by Crippen LogP contribution is -2.28. The number of halogens is 4. The first-order chi connectivity index (χ1) is 8.56. The first-order valence-electron chi connectivity index (χ1n) is 5.12. The smallest absolute Gasteiger partial charge is 0.254 e. The largest absolute Gasteiger partial charge is 0.378 e. The normalized spacial score (nSPS) is 10.4. The molecule has 0 aromatic heterocycles. The Hall–Kier alpha value is -0.910. The van der Waals surface area contributed by atoms with Gasteiger partial charge >= 0.3 is 0 Å². The fraction of sp³-hybridized carbons (Fsp3) is 0.364. The molecule has 1 aromatic rings. The third kappa shape index (κ3) is 4.40. The van der Waals surface area contributed by atoms with Gasteiger partial charge in [-0.25, -0.2) is 8.78 Å². The van der Waals surface area contributed by atoms with Crippen LogP contribution in [0.1, 0.15) is 10.4 Å². The second-order valence-corrected chi connectivity index (χ2v) is 4.09. The minimum atomic E-state index is -0.874. The van der Waals surface area contributed by atoms with Crippen LogP contribution in [0.15, 0.2) is 12.1 Å². The highest BCUT2D eigenvalue weighted by atomic mass is 35.5. The number of benzene rings is 1. The maximum atomic E-state index is 13.4. The van der Waals surface area contributed by atoms with E-state index in [1.165, 1.54) is 0 Å². The van der Waals surface area contributed by atoms with E-state index in [0.29, 0.717) is 12.5 Å². The van der Waals surface area contributed by atoms with Gasteiger partial charge in [0, 0.05) is 12.4 Å². The lowest BCUT2D eigenvalue weighted by molar-refractivity contribution is 0.0919. The molecule has 0 aliphatic rings. The summed E-state index contributed by atoms with van der Waals surface area (Å²) in [4.78, 5) is 11.5. The van der Waals surface area contributed by atoms with Crippen LogP contribution in [0.25, 0.3) is 0 Å². The van der Waals surface area contributed by atoms with Gasteiger partial charge in [-0.3, -0.25) is 4.79 Å². The van der Waals surface area contributed by atoms with Crippen molar-refractivity contribution in [1.82, 2.24) is 5.32 Å². The highest BCUT2D eigenvalue weighted by Crippen LogP contribution is 2.19. The summed E-state index contributed by atoms with van der Waals surface area (Å²) in [5, 5.41) is 2.02. The van der Waals surface area contributed by atoms with E-state index >= 15 is 0 Å². The van der Waals surface area contributed by atoms with Crippen LogP contribution < -0.4 is 5.32 Å². The van der Waals surface area contributed by atoms with Crippen molar-refractivity contribution in [1.29, 1.82) is 0 Å². The Balaban J connectivity index is 2.54. The Morgan fingerprint density at radius 2 is 2.00 bits per heavy atom. The minimum Gasteiger partial charge on any atom is -0.378 e. The molecule has 0 spiro atoms. The summed E-state index contributed by atoms with van der Waals surface area (Å²) in [5.41, 5.74) is -0.394. The van der Waals surface area contributed by atoms with Crippen LogP contribution in [0, 0.1) is 11.6 Å². The lowest BCUT2D eigenvalue weighted by Gasteiger charge is -2.07. The van der Waals surface area contributed by atoms with Crippen LogP contribution in [0.4, 0.5) is 8.78 Å². The third-order valence-electron chi connectivity index (χ3n) is 2.01. The number of hydrogen-bond acceptors (Lipinski definition) is 2. The average Bonchev–Trinajstić information content (AvgIpc) is 2.33. The van der Waals surface area contributed by atoms with Crippen LogP contribution in [-0.4, -0.2) is 31.5 Å². The Morgan fingerprint density at radius 1 is 1.28 bits per heavy atom. The van der Waals surface area contributed by atoms with Gasteiger partial charge in [-0.05, 0) is 12.1 Å². The van der Waals surface area contributed by atoms with Crippen molar-refractivity contribution in [2.75, 3.05) is 25.6 Å². The van der Waals surface area contributed by atoms with Crippen molar-refractivity contribution in [3.63, 3.8) is 0 Å². The van der Waals surface area contributed by atoms with E-state index in [0.717, 1.165) is 12.1 Å². The van der Waals surface area contributed by atoms with Crippen molar-refractivity contribution in [2.45, 2.75) is 0 Å². The molecule has 3 nitrogen and oxygen atoms in total. The summed E-state index contributed by atoms with van der Waals surface area (Å²) in [6.07, 6.45) is 0. The van der Waals surface area contributed by atoms with E-state index in [4.69, 9.17) is 27.9 Å². The fourth-order valence-corrected chi connectivity index (χ4v) is 1.44. The van der Waals surface area contributed by atoms with Crippen molar-refractivity contribution in [3.05, 3.63) is 34.4 Å². The zero-order chi connectivity index (χ0) is 13.5. The number of alkyl halides is 1.